The molecule has 116 valence electrons. The first-order chi connectivity index (χ1) is 10.5. The van der Waals surface area contributed by atoms with Crippen LogP contribution in [-0.4, -0.2) is 5.91 Å². The zero-order chi connectivity index (χ0) is 15.9. The second-order valence-corrected chi connectivity index (χ2v) is 6.48. The summed E-state index contributed by atoms with van der Waals surface area (Å²) in [6.45, 7) is 5.83. The molecule has 1 amide bonds. The standard InChI is InChI=1S/C18H20ClNO2/c1-10-8-14(12(3)22-10)11(2)20-18(21)16-9-15(16)13-6-4-5-7-17(13)19/h4-8,11,15-16H,9H2,1-3H3,(H,20,21). The summed E-state index contributed by atoms with van der Waals surface area (Å²) >= 11 is 6.21. The number of hydrogen-bond donors (Lipinski definition) is 1. The lowest BCUT2D eigenvalue weighted by molar-refractivity contribution is -0.123. The van der Waals surface area contributed by atoms with E-state index in [9.17, 15) is 4.79 Å². The Kier molecular flexibility index (Phi) is 4.00. The monoisotopic (exact) mass is 317 g/mol. The predicted octanol–water partition coefficient (Wildman–Crippen LogP) is 4.53. The van der Waals surface area contributed by atoms with Crippen LogP contribution in [0.25, 0.3) is 0 Å². The van der Waals surface area contributed by atoms with Gasteiger partial charge in [-0.15, -0.1) is 0 Å². The second-order valence-electron chi connectivity index (χ2n) is 6.07. The molecule has 22 heavy (non-hydrogen) atoms. The van der Waals surface area contributed by atoms with Gasteiger partial charge in [0.15, 0.2) is 0 Å². The number of halogens is 1. The van der Waals surface area contributed by atoms with Gasteiger partial charge in [-0.25, -0.2) is 0 Å². The molecular weight excluding hydrogens is 298 g/mol. The van der Waals surface area contributed by atoms with E-state index in [1.807, 2.05) is 51.1 Å². The number of hydrogen-bond acceptors (Lipinski definition) is 2. The molecule has 4 heteroatoms. The van der Waals surface area contributed by atoms with Gasteiger partial charge in [0.05, 0.1) is 6.04 Å². The fraction of sp³-hybridized carbons (Fsp3) is 0.389. The quantitative estimate of drug-likeness (QED) is 0.900. The molecule has 1 aromatic carbocycles. The predicted molar refractivity (Wildman–Crippen MR) is 87.0 cm³/mol. The number of amides is 1. The van der Waals surface area contributed by atoms with Crippen LogP contribution >= 0.6 is 11.6 Å². The minimum atomic E-state index is -0.0440. The molecule has 0 radical (unpaired) electrons. The van der Waals surface area contributed by atoms with E-state index in [2.05, 4.69) is 5.32 Å². The van der Waals surface area contributed by atoms with E-state index in [0.29, 0.717) is 0 Å². The summed E-state index contributed by atoms with van der Waals surface area (Å²) in [4.78, 5) is 12.4. The van der Waals surface area contributed by atoms with Crippen molar-refractivity contribution < 1.29 is 9.21 Å². The number of aryl methyl sites for hydroxylation is 2. The molecule has 1 aromatic heterocycles. The van der Waals surface area contributed by atoms with Crippen molar-refractivity contribution in [1.82, 2.24) is 5.32 Å². The van der Waals surface area contributed by atoms with Crippen LogP contribution in [0.3, 0.4) is 0 Å². The summed E-state index contributed by atoms with van der Waals surface area (Å²) in [5, 5.41) is 3.84. The highest BCUT2D eigenvalue weighted by Crippen LogP contribution is 2.49. The van der Waals surface area contributed by atoms with Gasteiger partial charge in [-0.05, 0) is 50.8 Å². The molecule has 1 heterocycles. The number of carbonyl (C=O) groups is 1. The molecule has 2 aromatic rings. The van der Waals surface area contributed by atoms with Gasteiger partial charge in [0.2, 0.25) is 5.91 Å². The lowest BCUT2D eigenvalue weighted by Crippen LogP contribution is -2.28. The average molecular weight is 318 g/mol. The maximum Gasteiger partial charge on any atom is 0.224 e. The van der Waals surface area contributed by atoms with Gasteiger partial charge in [0.1, 0.15) is 11.5 Å². The number of benzene rings is 1. The molecule has 0 aliphatic heterocycles. The van der Waals surface area contributed by atoms with Crippen LogP contribution < -0.4 is 5.32 Å². The Bertz CT molecular complexity index is 707. The van der Waals surface area contributed by atoms with Crippen molar-refractivity contribution in [2.45, 2.75) is 39.2 Å². The number of carbonyl (C=O) groups excluding carboxylic acids is 1. The van der Waals surface area contributed by atoms with E-state index in [-0.39, 0.29) is 23.8 Å². The summed E-state index contributed by atoms with van der Waals surface area (Å²) < 4.78 is 5.53. The molecule has 1 N–H and O–H groups in total. The van der Waals surface area contributed by atoms with Crippen molar-refractivity contribution in [3.05, 3.63) is 58.0 Å². The van der Waals surface area contributed by atoms with Gasteiger partial charge >= 0.3 is 0 Å². The summed E-state index contributed by atoms with van der Waals surface area (Å²) in [7, 11) is 0. The third-order valence-corrected chi connectivity index (χ3v) is 4.68. The highest BCUT2D eigenvalue weighted by Gasteiger charge is 2.45. The molecule has 3 unspecified atom stereocenters. The third-order valence-electron chi connectivity index (χ3n) is 4.34. The lowest BCUT2D eigenvalue weighted by Gasteiger charge is -2.13. The van der Waals surface area contributed by atoms with E-state index in [1.54, 1.807) is 0 Å². The molecule has 1 saturated carbocycles. The van der Waals surface area contributed by atoms with Crippen LogP contribution in [0.15, 0.2) is 34.7 Å². The van der Waals surface area contributed by atoms with Crippen LogP contribution in [0, 0.1) is 19.8 Å². The molecule has 0 saturated heterocycles. The Hall–Kier alpha value is -1.74. The molecular formula is C18H20ClNO2. The topological polar surface area (TPSA) is 42.2 Å². The Balaban J connectivity index is 1.64. The SMILES string of the molecule is Cc1cc(C(C)NC(=O)C2CC2c2ccccc2Cl)c(C)o1. The van der Waals surface area contributed by atoms with E-state index >= 15 is 0 Å². The van der Waals surface area contributed by atoms with Crippen molar-refractivity contribution in [3.8, 4) is 0 Å². The first-order valence-corrected chi connectivity index (χ1v) is 7.97. The Labute approximate surface area is 135 Å². The van der Waals surface area contributed by atoms with Crippen LogP contribution in [-0.2, 0) is 4.79 Å². The van der Waals surface area contributed by atoms with Crippen molar-refractivity contribution >= 4 is 17.5 Å². The van der Waals surface area contributed by atoms with Crippen molar-refractivity contribution in [1.29, 1.82) is 0 Å². The summed E-state index contributed by atoms with van der Waals surface area (Å²) in [5.41, 5.74) is 2.12. The first-order valence-electron chi connectivity index (χ1n) is 7.59. The van der Waals surface area contributed by atoms with Gasteiger partial charge in [0.25, 0.3) is 0 Å². The van der Waals surface area contributed by atoms with E-state index < -0.39 is 0 Å². The molecule has 0 bridgehead atoms. The summed E-state index contributed by atoms with van der Waals surface area (Å²) in [6, 6.07) is 9.71. The van der Waals surface area contributed by atoms with E-state index in [4.69, 9.17) is 16.0 Å². The first kappa shape index (κ1) is 15.2. The van der Waals surface area contributed by atoms with Gasteiger partial charge in [-0.3, -0.25) is 4.79 Å². The van der Waals surface area contributed by atoms with Crippen LogP contribution in [0.4, 0.5) is 0 Å². The average Bonchev–Trinajstić information content (AvgIpc) is 3.18. The van der Waals surface area contributed by atoms with Crippen molar-refractivity contribution in [2.75, 3.05) is 0 Å². The minimum Gasteiger partial charge on any atom is -0.466 e. The van der Waals surface area contributed by atoms with E-state index in [0.717, 1.165) is 34.1 Å². The highest BCUT2D eigenvalue weighted by molar-refractivity contribution is 6.31. The van der Waals surface area contributed by atoms with Crippen molar-refractivity contribution in [2.24, 2.45) is 5.92 Å². The van der Waals surface area contributed by atoms with Crippen molar-refractivity contribution in [3.63, 3.8) is 0 Å². The zero-order valence-electron chi connectivity index (χ0n) is 13.0. The smallest absolute Gasteiger partial charge is 0.224 e. The Morgan fingerprint density at radius 3 is 2.73 bits per heavy atom. The maximum absolute atomic E-state index is 12.4. The van der Waals surface area contributed by atoms with Gasteiger partial charge in [-0.1, -0.05) is 29.8 Å². The molecule has 0 spiro atoms. The lowest BCUT2D eigenvalue weighted by atomic mass is 10.1. The molecule has 1 aliphatic rings. The number of rotatable bonds is 4. The normalized spacial score (nSPS) is 21.5. The minimum absolute atomic E-state index is 0.0238. The van der Waals surface area contributed by atoms with Gasteiger partial charge < -0.3 is 9.73 Å². The fourth-order valence-corrected chi connectivity index (χ4v) is 3.36. The number of furan rings is 1. The summed E-state index contributed by atoms with van der Waals surface area (Å²) in [5.74, 6) is 2.09. The molecule has 1 fully saturated rings. The van der Waals surface area contributed by atoms with Crippen LogP contribution in [0.1, 0.15) is 48.0 Å². The molecule has 3 atom stereocenters. The molecule has 3 rings (SSSR count). The van der Waals surface area contributed by atoms with Gasteiger partial charge in [0, 0.05) is 16.5 Å². The Morgan fingerprint density at radius 1 is 1.36 bits per heavy atom. The largest absolute Gasteiger partial charge is 0.466 e. The maximum atomic E-state index is 12.4. The fourth-order valence-electron chi connectivity index (χ4n) is 3.08. The second kappa shape index (κ2) is 5.81. The van der Waals surface area contributed by atoms with Gasteiger partial charge in [-0.2, -0.15) is 0 Å². The summed E-state index contributed by atoms with van der Waals surface area (Å²) in [6.07, 6.45) is 0.867. The number of nitrogens with one attached hydrogen (secondary N) is 1. The van der Waals surface area contributed by atoms with E-state index in [1.165, 1.54) is 0 Å². The highest BCUT2D eigenvalue weighted by atomic mass is 35.5. The molecule has 3 nitrogen and oxygen atoms in total. The zero-order valence-corrected chi connectivity index (χ0v) is 13.8. The van der Waals surface area contributed by atoms with Crippen LogP contribution in [0.2, 0.25) is 5.02 Å². The Morgan fingerprint density at radius 2 is 2.09 bits per heavy atom. The third kappa shape index (κ3) is 2.91. The molecule has 1 aliphatic carbocycles. The van der Waals surface area contributed by atoms with Crippen LogP contribution in [0.5, 0.6) is 0 Å².